The lowest BCUT2D eigenvalue weighted by Gasteiger charge is -1.93. The van der Waals surface area contributed by atoms with Crippen molar-refractivity contribution in [3.63, 3.8) is 0 Å². The SMILES string of the molecule is CSc1c(C)[nH]c(C)c1C=O. The van der Waals surface area contributed by atoms with Crippen LogP contribution in [-0.2, 0) is 0 Å². The second-order valence-electron chi connectivity index (χ2n) is 2.44. The van der Waals surface area contributed by atoms with Crippen LogP contribution in [0.3, 0.4) is 0 Å². The average molecular weight is 169 g/mol. The number of hydrogen-bond acceptors (Lipinski definition) is 2. The van der Waals surface area contributed by atoms with E-state index in [2.05, 4.69) is 4.98 Å². The van der Waals surface area contributed by atoms with Crippen molar-refractivity contribution in [2.24, 2.45) is 0 Å². The normalized spacial score (nSPS) is 10.1. The highest BCUT2D eigenvalue weighted by atomic mass is 32.2. The summed E-state index contributed by atoms with van der Waals surface area (Å²) in [6, 6.07) is 0. The van der Waals surface area contributed by atoms with Crippen LogP contribution in [0.4, 0.5) is 0 Å². The predicted molar refractivity (Wildman–Crippen MR) is 47.4 cm³/mol. The molecule has 0 aliphatic carbocycles. The molecule has 1 rings (SSSR count). The van der Waals surface area contributed by atoms with E-state index in [9.17, 15) is 4.79 Å². The van der Waals surface area contributed by atoms with Crippen LogP contribution in [0.2, 0.25) is 0 Å². The Bertz CT molecular complexity index is 278. The highest BCUT2D eigenvalue weighted by molar-refractivity contribution is 7.98. The number of H-pyrrole nitrogens is 1. The van der Waals surface area contributed by atoms with Gasteiger partial charge in [-0.05, 0) is 20.1 Å². The first-order chi connectivity index (χ1) is 5.20. The average Bonchev–Trinajstić information content (AvgIpc) is 2.24. The Kier molecular flexibility index (Phi) is 2.39. The quantitative estimate of drug-likeness (QED) is 0.543. The van der Waals surface area contributed by atoms with Gasteiger partial charge in [0.15, 0.2) is 6.29 Å². The van der Waals surface area contributed by atoms with Crippen molar-refractivity contribution in [1.29, 1.82) is 0 Å². The van der Waals surface area contributed by atoms with Gasteiger partial charge in [0, 0.05) is 21.8 Å². The van der Waals surface area contributed by atoms with Crippen molar-refractivity contribution in [2.75, 3.05) is 6.26 Å². The minimum absolute atomic E-state index is 0.801. The molecule has 60 valence electrons. The number of aromatic amines is 1. The molecule has 1 aromatic rings. The van der Waals surface area contributed by atoms with Crippen molar-refractivity contribution in [1.82, 2.24) is 4.98 Å². The van der Waals surface area contributed by atoms with Crippen LogP contribution < -0.4 is 0 Å². The molecule has 0 saturated heterocycles. The standard InChI is InChI=1S/C8H11NOS/c1-5-7(4-10)8(11-3)6(2)9-5/h4,9H,1-3H3. The molecule has 0 aromatic carbocycles. The van der Waals surface area contributed by atoms with E-state index in [1.165, 1.54) is 0 Å². The fourth-order valence-corrected chi connectivity index (χ4v) is 1.96. The Balaban J connectivity index is 3.28. The third-order valence-corrected chi connectivity index (χ3v) is 2.62. The first kappa shape index (κ1) is 8.40. The summed E-state index contributed by atoms with van der Waals surface area (Å²) in [5.74, 6) is 0. The third-order valence-electron chi connectivity index (χ3n) is 1.69. The molecule has 0 bridgehead atoms. The van der Waals surface area contributed by atoms with Gasteiger partial charge in [0.1, 0.15) is 0 Å². The number of aryl methyl sites for hydroxylation is 2. The van der Waals surface area contributed by atoms with Crippen LogP contribution in [0.25, 0.3) is 0 Å². The third kappa shape index (κ3) is 1.33. The Labute approximate surface area is 70.4 Å². The molecule has 0 radical (unpaired) electrons. The Morgan fingerprint density at radius 3 is 2.36 bits per heavy atom. The van der Waals surface area contributed by atoms with E-state index in [0.717, 1.165) is 28.1 Å². The van der Waals surface area contributed by atoms with Crippen LogP contribution in [0, 0.1) is 13.8 Å². The highest BCUT2D eigenvalue weighted by Gasteiger charge is 2.09. The molecule has 11 heavy (non-hydrogen) atoms. The van der Waals surface area contributed by atoms with E-state index in [4.69, 9.17) is 0 Å². The smallest absolute Gasteiger partial charge is 0.152 e. The number of aldehydes is 1. The summed E-state index contributed by atoms with van der Waals surface area (Å²) in [7, 11) is 0. The molecule has 0 aliphatic rings. The molecule has 0 fully saturated rings. The van der Waals surface area contributed by atoms with Gasteiger partial charge in [-0.1, -0.05) is 0 Å². The van der Waals surface area contributed by atoms with Crippen LogP contribution in [0.1, 0.15) is 21.7 Å². The molecule has 1 heterocycles. The van der Waals surface area contributed by atoms with Crippen molar-refractivity contribution in [3.05, 3.63) is 17.0 Å². The Morgan fingerprint density at radius 1 is 1.36 bits per heavy atom. The molecule has 0 saturated carbocycles. The summed E-state index contributed by atoms with van der Waals surface area (Å²) in [6.45, 7) is 3.89. The van der Waals surface area contributed by atoms with Gasteiger partial charge in [-0.3, -0.25) is 4.79 Å². The zero-order valence-electron chi connectivity index (χ0n) is 6.89. The van der Waals surface area contributed by atoms with Crippen LogP contribution in [0.15, 0.2) is 4.90 Å². The predicted octanol–water partition coefficient (Wildman–Crippen LogP) is 2.17. The fourth-order valence-electron chi connectivity index (χ4n) is 1.18. The molecule has 1 N–H and O–H groups in total. The monoisotopic (exact) mass is 169 g/mol. The number of thioether (sulfide) groups is 1. The maximum Gasteiger partial charge on any atom is 0.152 e. The summed E-state index contributed by atoms with van der Waals surface area (Å²) in [6.07, 6.45) is 2.88. The molecular formula is C8H11NOS. The van der Waals surface area contributed by atoms with E-state index in [-0.39, 0.29) is 0 Å². The van der Waals surface area contributed by atoms with Crippen molar-refractivity contribution in [3.8, 4) is 0 Å². The van der Waals surface area contributed by atoms with E-state index in [1.807, 2.05) is 20.1 Å². The van der Waals surface area contributed by atoms with Crippen LogP contribution >= 0.6 is 11.8 Å². The maximum absolute atomic E-state index is 10.6. The number of hydrogen-bond donors (Lipinski definition) is 1. The van der Waals surface area contributed by atoms with E-state index in [1.54, 1.807) is 11.8 Å². The van der Waals surface area contributed by atoms with Gasteiger partial charge in [-0.15, -0.1) is 11.8 Å². The van der Waals surface area contributed by atoms with E-state index in [0.29, 0.717) is 0 Å². The lowest BCUT2D eigenvalue weighted by molar-refractivity contribution is 0.112. The van der Waals surface area contributed by atoms with Gasteiger partial charge in [0.2, 0.25) is 0 Å². The first-order valence-corrected chi connectivity index (χ1v) is 4.61. The van der Waals surface area contributed by atoms with Gasteiger partial charge in [-0.25, -0.2) is 0 Å². The lowest BCUT2D eigenvalue weighted by Crippen LogP contribution is -1.81. The van der Waals surface area contributed by atoms with E-state index >= 15 is 0 Å². The number of rotatable bonds is 2. The van der Waals surface area contributed by atoms with Crippen molar-refractivity contribution in [2.45, 2.75) is 18.7 Å². The summed E-state index contributed by atoms with van der Waals surface area (Å²) in [4.78, 5) is 14.8. The van der Waals surface area contributed by atoms with Crippen molar-refractivity contribution < 1.29 is 4.79 Å². The number of carbonyl (C=O) groups excluding carboxylic acids is 1. The maximum atomic E-state index is 10.6. The lowest BCUT2D eigenvalue weighted by atomic mass is 10.3. The van der Waals surface area contributed by atoms with Crippen LogP contribution in [-0.4, -0.2) is 17.5 Å². The Morgan fingerprint density at radius 2 is 2.00 bits per heavy atom. The van der Waals surface area contributed by atoms with Gasteiger partial charge >= 0.3 is 0 Å². The van der Waals surface area contributed by atoms with Crippen LogP contribution in [0.5, 0.6) is 0 Å². The molecule has 0 unspecified atom stereocenters. The minimum Gasteiger partial charge on any atom is -0.361 e. The fraction of sp³-hybridized carbons (Fsp3) is 0.375. The van der Waals surface area contributed by atoms with Gasteiger partial charge in [-0.2, -0.15) is 0 Å². The van der Waals surface area contributed by atoms with Gasteiger partial charge in [0.05, 0.1) is 0 Å². The largest absolute Gasteiger partial charge is 0.361 e. The van der Waals surface area contributed by atoms with Crippen molar-refractivity contribution >= 4 is 18.0 Å². The van der Waals surface area contributed by atoms with E-state index < -0.39 is 0 Å². The number of nitrogens with one attached hydrogen (secondary N) is 1. The Hall–Kier alpha value is -0.700. The number of carbonyl (C=O) groups is 1. The molecule has 3 heteroatoms. The summed E-state index contributed by atoms with van der Waals surface area (Å²) < 4.78 is 0. The second-order valence-corrected chi connectivity index (χ2v) is 3.26. The molecular weight excluding hydrogens is 158 g/mol. The molecule has 1 aromatic heterocycles. The molecule has 0 atom stereocenters. The number of aromatic nitrogens is 1. The zero-order chi connectivity index (χ0) is 8.43. The first-order valence-electron chi connectivity index (χ1n) is 3.39. The molecule has 2 nitrogen and oxygen atoms in total. The minimum atomic E-state index is 0.801. The summed E-state index contributed by atoms with van der Waals surface area (Å²) in [5, 5.41) is 0. The summed E-state index contributed by atoms with van der Waals surface area (Å²) >= 11 is 1.60. The highest BCUT2D eigenvalue weighted by Crippen LogP contribution is 2.25. The summed E-state index contributed by atoms with van der Waals surface area (Å²) in [5.41, 5.74) is 2.84. The molecule has 0 spiro atoms. The zero-order valence-corrected chi connectivity index (χ0v) is 7.71. The molecule has 0 aliphatic heterocycles. The topological polar surface area (TPSA) is 32.9 Å². The van der Waals surface area contributed by atoms with Gasteiger partial charge < -0.3 is 4.98 Å². The molecule has 0 amide bonds. The van der Waals surface area contributed by atoms with Gasteiger partial charge in [0.25, 0.3) is 0 Å². The second kappa shape index (κ2) is 3.13.